The maximum absolute atomic E-state index is 13.1. The number of rotatable bonds is 7. The average molecular weight is 543 g/mol. The van der Waals surface area contributed by atoms with Crippen molar-refractivity contribution in [1.82, 2.24) is 24.6 Å². The van der Waals surface area contributed by atoms with E-state index in [-0.39, 0.29) is 28.8 Å². The molecule has 3 N–H and O–H groups in total. The van der Waals surface area contributed by atoms with Gasteiger partial charge in [-0.3, -0.25) is 14.5 Å². The highest BCUT2D eigenvalue weighted by Gasteiger charge is 2.53. The third-order valence-electron chi connectivity index (χ3n) is 6.01. The van der Waals surface area contributed by atoms with E-state index in [9.17, 15) is 19.5 Å². The normalized spacial score (nSPS) is 19.6. The summed E-state index contributed by atoms with van der Waals surface area (Å²) in [5.74, 6) is -1.56. The molecule has 0 aromatic carbocycles. The number of nitrogens with two attached hydrogens (primary N) is 1. The smallest absolute Gasteiger partial charge is 0.289 e. The predicted octanol–water partition coefficient (Wildman–Crippen LogP) is -1.27. The van der Waals surface area contributed by atoms with Crippen LogP contribution in [0.4, 0.5) is 5.13 Å². The van der Waals surface area contributed by atoms with E-state index in [2.05, 4.69) is 20.4 Å². The molecule has 2 aliphatic rings. The first-order chi connectivity index (χ1) is 17.7. The van der Waals surface area contributed by atoms with Crippen LogP contribution in [-0.4, -0.2) is 67.0 Å². The summed E-state index contributed by atoms with van der Waals surface area (Å²) in [6.07, 6.45) is 3.69. The molecular weight excluding hydrogens is 520 g/mol. The second-order valence-electron chi connectivity index (χ2n) is 8.39. The summed E-state index contributed by atoms with van der Waals surface area (Å²) in [4.78, 5) is 52.6. The fourth-order valence-electron chi connectivity index (χ4n) is 4.43. The molecule has 1 fully saturated rings. The Morgan fingerprint density at radius 3 is 2.84 bits per heavy atom. The third-order valence-corrected chi connectivity index (χ3v) is 8.03. The fourth-order valence-corrected chi connectivity index (χ4v) is 6.31. The van der Waals surface area contributed by atoms with Gasteiger partial charge in [-0.05, 0) is 6.92 Å². The Bertz CT molecular complexity index is 1510. The van der Waals surface area contributed by atoms with Gasteiger partial charge in [-0.1, -0.05) is 5.16 Å². The average Bonchev–Trinajstić information content (AvgIpc) is 3.46. The number of nitrogen functional groups attached to an aromatic ring is 1. The van der Waals surface area contributed by atoms with Gasteiger partial charge in [-0.2, -0.15) is 4.40 Å². The number of aryl methyl sites for hydroxylation is 2. The number of nitrogens with zero attached hydrogens (tertiary/aromatic N) is 6. The molecule has 0 spiro atoms. The molecule has 37 heavy (non-hydrogen) atoms. The topological polar surface area (TPSA) is 171 Å². The van der Waals surface area contributed by atoms with Gasteiger partial charge in [-0.15, -0.1) is 23.1 Å². The van der Waals surface area contributed by atoms with Crippen molar-refractivity contribution in [3.63, 3.8) is 0 Å². The zero-order valence-corrected chi connectivity index (χ0v) is 21.6. The van der Waals surface area contributed by atoms with E-state index in [1.807, 2.05) is 41.3 Å². The summed E-state index contributed by atoms with van der Waals surface area (Å²) in [6, 6.07) is 0.950. The van der Waals surface area contributed by atoms with Gasteiger partial charge in [0.05, 0.1) is 11.7 Å². The fraction of sp³-hybridized carbons (Fsp3) is 0.318. The lowest BCUT2D eigenvalue weighted by atomic mass is 10.0. The number of hydrogen-bond donors (Lipinski definition) is 2. The van der Waals surface area contributed by atoms with E-state index in [0.717, 1.165) is 28.5 Å². The summed E-state index contributed by atoms with van der Waals surface area (Å²) in [6.45, 7) is 4.02. The largest absolute Gasteiger partial charge is 0.543 e. The minimum atomic E-state index is -1.45. The number of thiazole rings is 1. The van der Waals surface area contributed by atoms with Crippen LogP contribution in [0.5, 0.6) is 0 Å². The molecule has 0 radical (unpaired) electrons. The second kappa shape index (κ2) is 9.48. The monoisotopic (exact) mass is 542 g/mol. The van der Waals surface area contributed by atoms with Crippen molar-refractivity contribution < 1.29 is 28.9 Å². The molecule has 0 aliphatic carbocycles. The molecule has 5 rings (SSSR count). The lowest BCUT2D eigenvalue weighted by molar-refractivity contribution is -0.662. The highest BCUT2D eigenvalue weighted by atomic mass is 32.2. The highest BCUT2D eigenvalue weighted by Crippen LogP contribution is 2.40. The Kier molecular flexibility index (Phi) is 6.33. The van der Waals surface area contributed by atoms with Gasteiger partial charge in [0.1, 0.15) is 43.2 Å². The molecule has 192 valence electrons. The zero-order valence-electron chi connectivity index (χ0n) is 20.0. The number of anilines is 1. The number of carboxylic acid groups (broad SMARTS) is 1. The van der Waals surface area contributed by atoms with E-state index in [1.54, 1.807) is 5.38 Å². The molecule has 0 unspecified atom stereocenters. The second-order valence-corrected chi connectivity index (χ2v) is 10.4. The first kappa shape index (κ1) is 24.7. The van der Waals surface area contributed by atoms with Crippen LogP contribution in [0.15, 0.2) is 40.3 Å². The van der Waals surface area contributed by atoms with E-state index in [4.69, 9.17) is 10.6 Å². The van der Waals surface area contributed by atoms with Gasteiger partial charge in [0, 0.05) is 35.4 Å². The summed E-state index contributed by atoms with van der Waals surface area (Å²) in [5, 5.41) is 19.7. The SMILES string of the molecule is CO/N=C(\C(=O)N[C@@H]1C(=O)N2C(C(=O)[O-])=C(C[n+]3ccn4c(C)nc(C)cc43)CS[C@@H]12)c1csc(N)n1. The predicted molar refractivity (Wildman–Crippen MR) is 132 cm³/mol. The molecule has 0 bridgehead atoms. The van der Waals surface area contributed by atoms with E-state index >= 15 is 0 Å². The number of carboxylic acids is 1. The lowest BCUT2D eigenvalue weighted by Gasteiger charge is -2.50. The maximum Gasteiger partial charge on any atom is 0.289 e. The van der Waals surface area contributed by atoms with E-state index in [1.165, 1.54) is 23.8 Å². The lowest BCUT2D eigenvalue weighted by Crippen LogP contribution is -2.71. The van der Waals surface area contributed by atoms with Crippen LogP contribution >= 0.6 is 23.1 Å². The standard InChI is InChI=1S/C22H22N8O5S2/c1-10-6-14-28(4-5-29(14)11(2)24-10)7-12-8-36-20-16(19(32)30(20)17(12)21(33)34)26-18(31)15(27-35-3)13-9-37-22(23)25-13/h4-6,9,16,20H,7-8H2,1-3H3,(H3-,23,25,26,31,33,34)/b27-15-/t16-,20+/m1/s1. The Hall–Kier alpha value is -3.98. The Balaban J connectivity index is 1.39. The van der Waals surface area contributed by atoms with Crippen LogP contribution in [0.2, 0.25) is 0 Å². The van der Waals surface area contributed by atoms with Crippen LogP contribution in [0.3, 0.4) is 0 Å². The molecule has 15 heteroatoms. The minimum Gasteiger partial charge on any atom is -0.543 e. The number of oxime groups is 1. The van der Waals surface area contributed by atoms with Crippen LogP contribution in [-0.2, 0) is 25.8 Å². The molecule has 0 saturated carbocycles. The molecule has 2 aliphatic heterocycles. The molecule has 13 nitrogen and oxygen atoms in total. The number of hydrogen-bond acceptors (Lipinski definition) is 11. The van der Waals surface area contributed by atoms with Crippen molar-refractivity contribution in [2.45, 2.75) is 31.8 Å². The first-order valence-electron chi connectivity index (χ1n) is 11.1. The summed E-state index contributed by atoms with van der Waals surface area (Å²) >= 11 is 2.48. The molecular formula is C22H22N8O5S2. The van der Waals surface area contributed by atoms with Crippen molar-refractivity contribution in [2.75, 3.05) is 18.6 Å². The van der Waals surface area contributed by atoms with Crippen LogP contribution < -0.4 is 20.7 Å². The quantitative estimate of drug-likeness (QED) is 0.160. The number of carbonyl (C=O) groups is 3. The minimum absolute atomic E-state index is 0.143. The molecule has 5 heterocycles. The third kappa shape index (κ3) is 4.29. The van der Waals surface area contributed by atoms with Gasteiger partial charge in [0.2, 0.25) is 0 Å². The molecule has 3 aromatic rings. The van der Waals surface area contributed by atoms with Crippen molar-refractivity contribution in [3.8, 4) is 0 Å². The zero-order chi connectivity index (χ0) is 26.4. The number of nitrogens with one attached hydrogen (secondary N) is 1. The van der Waals surface area contributed by atoms with Crippen molar-refractivity contribution in [1.29, 1.82) is 0 Å². The van der Waals surface area contributed by atoms with Crippen LogP contribution in [0.25, 0.3) is 5.65 Å². The van der Waals surface area contributed by atoms with Gasteiger partial charge < -0.3 is 25.8 Å². The van der Waals surface area contributed by atoms with Gasteiger partial charge in [-0.25, -0.2) is 14.5 Å². The number of thioether (sulfide) groups is 1. The summed E-state index contributed by atoms with van der Waals surface area (Å²) in [5.41, 5.74) is 7.75. The molecule has 2 amide bonds. The number of carbonyl (C=O) groups excluding carboxylic acids is 3. The Labute approximate surface area is 218 Å². The van der Waals surface area contributed by atoms with Crippen molar-refractivity contribution >= 4 is 57.4 Å². The van der Waals surface area contributed by atoms with E-state index in [0.29, 0.717) is 11.3 Å². The summed E-state index contributed by atoms with van der Waals surface area (Å²) < 4.78 is 3.80. The number of β-lactam (4-membered cyclic amide) rings is 1. The molecule has 1 saturated heterocycles. The maximum atomic E-state index is 13.1. The Morgan fingerprint density at radius 2 is 2.16 bits per heavy atom. The first-order valence-corrected chi connectivity index (χ1v) is 13.0. The van der Waals surface area contributed by atoms with Crippen LogP contribution in [0.1, 0.15) is 17.2 Å². The highest BCUT2D eigenvalue weighted by molar-refractivity contribution is 8.00. The molecule has 3 aromatic heterocycles. The van der Waals surface area contributed by atoms with Gasteiger partial charge >= 0.3 is 0 Å². The van der Waals surface area contributed by atoms with Gasteiger partial charge in [0.15, 0.2) is 16.7 Å². The Morgan fingerprint density at radius 1 is 1.38 bits per heavy atom. The van der Waals surface area contributed by atoms with Crippen molar-refractivity contribution in [2.24, 2.45) is 5.16 Å². The number of amides is 2. The van der Waals surface area contributed by atoms with E-state index < -0.39 is 29.2 Å². The van der Waals surface area contributed by atoms with Crippen molar-refractivity contribution in [3.05, 3.63) is 52.3 Å². The summed E-state index contributed by atoms with van der Waals surface area (Å²) in [7, 11) is 1.28. The molecule has 2 atom stereocenters. The number of aliphatic carboxylic acids is 1. The number of imidazole rings is 1. The number of fused-ring (bicyclic) bond motifs is 2. The van der Waals surface area contributed by atoms with Crippen LogP contribution in [0, 0.1) is 13.8 Å². The number of aromatic nitrogens is 4. The van der Waals surface area contributed by atoms with Gasteiger partial charge in [0.25, 0.3) is 17.5 Å².